The summed E-state index contributed by atoms with van der Waals surface area (Å²) in [7, 11) is 1.81. The average molecular weight is 239 g/mol. The number of carbonyl (C=O) groups is 1. The van der Waals surface area contributed by atoms with E-state index in [0.29, 0.717) is 17.4 Å². The lowest BCUT2D eigenvalue weighted by Gasteiger charge is -2.06. The van der Waals surface area contributed by atoms with E-state index in [1.54, 1.807) is 10.9 Å². The third kappa shape index (κ3) is 3.33. The van der Waals surface area contributed by atoms with E-state index in [1.807, 2.05) is 18.8 Å². The molecular weight excluding hydrogens is 222 g/mol. The van der Waals surface area contributed by atoms with Crippen LogP contribution in [0, 0.1) is 0 Å². The van der Waals surface area contributed by atoms with E-state index >= 15 is 0 Å². The van der Waals surface area contributed by atoms with Gasteiger partial charge in [-0.25, -0.2) is 0 Å². The van der Waals surface area contributed by atoms with Gasteiger partial charge in [-0.2, -0.15) is 11.8 Å². The van der Waals surface area contributed by atoms with E-state index < -0.39 is 0 Å². The number of hydrogen-bond acceptors (Lipinski definition) is 4. The molecule has 0 amide bonds. The van der Waals surface area contributed by atoms with Gasteiger partial charge in [0.1, 0.15) is 5.78 Å². The maximum absolute atomic E-state index is 11.7. The number of aryl methyl sites for hydroxylation is 1. The topological polar surface area (TPSA) is 47.8 Å². The first-order valence-corrected chi connectivity index (χ1v) is 6.77. The van der Waals surface area contributed by atoms with Crippen molar-refractivity contribution in [3.8, 4) is 0 Å². The minimum atomic E-state index is 0.261. The average Bonchev–Trinajstić information content (AvgIpc) is 2.87. The van der Waals surface area contributed by atoms with E-state index in [2.05, 4.69) is 10.3 Å². The summed E-state index contributed by atoms with van der Waals surface area (Å²) < 4.78 is 1.63. The Kier molecular flexibility index (Phi) is 3.98. The normalized spacial score (nSPS) is 16.8. The van der Waals surface area contributed by atoms with Gasteiger partial charge in [0.05, 0.1) is 17.9 Å². The summed E-state index contributed by atoms with van der Waals surface area (Å²) in [6.07, 6.45) is 7.45. The Hall–Kier alpha value is -0.840. The highest BCUT2D eigenvalue weighted by molar-refractivity contribution is 8.00. The van der Waals surface area contributed by atoms with Crippen LogP contribution in [0.4, 0.5) is 0 Å². The highest BCUT2D eigenvalue weighted by Gasteiger charge is 2.17. The van der Waals surface area contributed by atoms with Crippen LogP contribution >= 0.6 is 11.8 Å². The van der Waals surface area contributed by atoms with E-state index in [0.717, 1.165) is 5.69 Å². The molecule has 1 heterocycles. The molecule has 2 rings (SSSR count). The number of Topliss-reactive ketones (excluding diaryl/α,β-unsaturated/α-hetero) is 1. The predicted octanol–water partition coefficient (Wildman–Crippen LogP) is 1.60. The van der Waals surface area contributed by atoms with Crippen LogP contribution in [0.2, 0.25) is 0 Å². The lowest BCUT2D eigenvalue weighted by molar-refractivity contribution is -0.116. The van der Waals surface area contributed by atoms with Gasteiger partial charge in [-0.3, -0.25) is 9.48 Å². The van der Waals surface area contributed by atoms with Gasteiger partial charge in [-0.1, -0.05) is 18.1 Å². The molecule has 1 saturated carbocycles. The van der Waals surface area contributed by atoms with Crippen LogP contribution in [0.15, 0.2) is 6.20 Å². The third-order valence-corrected chi connectivity index (χ3v) is 4.24. The van der Waals surface area contributed by atoms with Crippen molar-refractivity contribution < 1.29 is 4.79 Å². The van der Waals surface area contributed by atoms with Crippen molar-refractivity contribution in [3.63, 3.8) is 0 Å². The highest BCUT2D eigenvalue weighted by atomic mass is 32.2. The number of rotatable bonds is 5. The Balaban J connectivity index is 1.71. The summed E-state index contributed by atoms with van der Waals surface area (Å²) in [5.74, 6) is 0.888. The molecule has 1 aromatic rings. The number of hydrogen-bond donors (Lipinski definition) is 0. The molecule has 0 aromatic carbocycles. The Morgan fingerprint density at radius 1 is 1.56 bits per heavy atom. The number of ketones is 1. The lowest BCUT2D eigenvalue weighted by Crippen LogP contribution is -2.09. The molecule has 0 spiro atoms. The molecule has 0 aliphatic heterocycles. The van der Waals surface area contributed by atoms with Crippen molar-refractivity contribution in [2.24, 2.45) is 7.05 Å². The van der Waals surface area contributed by atoms with Crippen LogP contribution in [-0.4, -0.2) is 31.8 Å². The van der Waals surface area contributed by atoms with Gasteiger partial charge < -0.3 is 0 Å². The van der Waals surface area contributed by atoms with E-state index in [-0.39, 0.29) is 5.78 Å². The maximum Gasteiger partial charge on any atom is 0.148 e. The van der Waals surface area contributed by atoms with Gasteiger partial charge in [0.15, 0.2) is 0 Å². The van der Waals surface area contributed by atoms with E-state index in [9.17, 15) is 4.79 Å². The number of aromatic nitrogens is 3. The van der Waals surface area contributed by atoms with Crippen molar-refractivity contribution in [2.45, 2.75) is 37.4 Å². The number of nitrogens with zero attached hydrogens (tertiary/aromatic N) is 3. The van der Waals surface area contributed by atoms with E-state index in [4.69, 9.17) is 0 Å². The van der Waals surface area contributed by atoms with Crippen LogP contribution in [0.1, 0.15) is 31.4 Å². The Labute approximate surface area is 99.8 Å². The summed E-state index contributed by atoms with van der Waals surface area (Å²) in [4.78, 5) is 11.7. The number of carbonyl (C=O) groups excluding carboxylic acids is 1. The minimum Gasteiger partial charge on any atom is -0.298 e. The van der Waals surface area contributed by atoms with Crippen molar-refractivity contribution in [2.75, 3.05) is 5.75 Å². The van der Waals surface area contributed by atoms with Crippen LogP contribution in [0.25, 0.3) is 0 Å². The molecule has 1 aromatic heterocycles. The number of thioether (sulfide) groups is 1. The predicted molar refractivity (Wildman–Crippen MR) is 64.4 cm³/mol. The molecule has 88 valence electrons. The monoisotopic (exact) mass is 239 g/mol. The van der Waals surface area contributed by atoms with Crippen molar-refractivity contribution >= 4 is 17.5 Å². The molecule has 0 bridgehead atoms. The van der Waals surface area contributed by atoms with Crippen LogP contribution < -0.4 is 0 Å². The summed E-state index contributed by atoms with van der Waals surface area (Å²) in [5.41, 5.74) is 0.777. The smallest absolute Gasteiger partial charge is 0.148 e. The van der Waals surface area contributed by atoms with Gasteiger partial charge in [0.25, 0.3) is 0 Å². The standard InChI is InChI=1S/C11H17N3OS/c1-14-7-9(12-13-14)6-10(15)8-16-11-4-2-3-5-11/h7,11H,2-6,8H2,1H3. The molecule has 0 unspecified atom stereocenters. The molecule has 4 nitrogen and oxygen atoms in total. The summed E-state index contributed by atoms with van der Waals surface area (Å²) in [6.45, 7) is 0. The highest BCUT2D eigenvalue weighted by Crippen LogP contribution is 2.29. The fourth-order valence-electron chi connectivity index (χ4n) is 2.00. The quantitative estimate of drug-likeness (QED) is 0.783. The van der Waals surface area contributed by atoms with Gasteiger partial charge in [-0.05, 0) is 12.8 Å². The summed E-state index contributed by atoms with van der Waals surface area (Å²) in [5, 5.41) is 8.45. The largest absolute Gasteiger partial charge is 0.298 e. The zero-order valence-corrected chi connectivity index (χ0v) is 10.4. The van der Waals surface area contributed by atoms with Crippen molar-refractivity contribution in [3.05, 3.63) is 11.9 Å². The zero-order valence-electron chi connectivity index (χ0n) is 9.56. The van der Waals surface area contributed by atoms with Gasteiger partial charge in [-0.15, -0.1) is 5.10 Å². The lowest BCUT2D eigenvalue weighted by atomic mass is 10.2. The first-order chi connectivity index (χ1) is 7.74. The molecular formula is C11H17N3OS. The van der Waals surface area contributed by atoms with Crippen LogP contribution in [0.3, 0.4) is 0 Å². The minimum absolute atomic E-state index is 0.261. The zero-order chi connectivity index (χ0) is 11.4. The fraction of sp³-hybridized carbons (Fsp3) is 0.727. The first-order valence-electron chi connectivity index (χ1n) is 5.72. The molecule has 5 heteroatoms. The SMILES string of the molecule is Cn1cc(CC(=O)CSC2CCCC2)nn1. The fourth-order valence-corrected chi connectivity index (χ4v) is 3.19. The molecule has 1 aliphatic carbocycles. The van der Waals surface area contributed by atoms with Crippen LogP contribution in [-0.2, 0) is 18.3 Å². The summed E-state index contributed by atoms with van der Waals surface area (Å²) >= 11 is 1.81. The Morgan fingerprint density at radius 2 is 2.31 bits per heavy atom. The molecule has 0 N–H and O–H groups in total. The maximum atomic E-state index is 11.7. The molecule has 0 saturated heterocycles. The van der Waals surface area contributed by atoms with E-state index in [1.165, 1.54) is 25.7 Å². The molecule has 16 heavy (non-hydrogen) atoms. The van der Waals surface area contributed by atoms with Gasteiger partial charge in [0, 0.05) is 18.5 Å². The Bertz CT molecular complexity index is 358. The summed E-state index contributed by atoms with van der Waals surface area (Å²) in [6, 6.07) is 0. The molecule has 1 aliphatic rings. The van der Waals surface area contributed by atoms with Crippen LogP contribution in [0.5, 0.6) is 0 Å². The Morgan fingerprint density at radius 3 is 2.94 bits per heavy atom. The van der Waals surface area contributed by atoms with Crippen molar-refractivity contribution in [1.82, 2.24) is 15.0 Å². The molecule has 0 radical (unpaired) electrons. The first kappa shape index (κ1) is 11.6. The second-order valence-electron chi connectivity index (χ2n) is 4.32. The van der Waals surface area contributed by atoms with Gasteiger partial charge >= 0.3 is 0 Å². The molecule has 1 fully saturated rings. The molecule has 0 atom stereocenters. The van der Waals surface area contributed by atoms with Gasteiger partial charge in [0.2, 0.25) is 0 Å². The second kappa shape index (κ2) is 5.48. The van der Waals surface area contributed by atoms with Crippen molar-refractivity contribution in [1.29, 1.82) is 0 Å². The second-order valence-corrected chi connectivity index (χ2v) is 5.61. The third-order valence-electron chi connectivity index (χ3n) is 2.81.